The highest BCUT2D eigenvalue weighted by Gasteiger charge is 2.37. The molecular weight excluding hydrogens is 284 g/mol. The van der Waals surface area contributed by atoms with E-state index in [0.717, 1.165) is 18.4 Å². The minimum atomic E-state index is -3.36. The number of nitrogens with two attached hydrogens (primary N) is 1. The first-order chi connectivity index (χ1) is 9.75. The molecular formula is C16H26N2O2S. The Balaban J connectivity index is 2.15. The quantitative estimate of drug-likeness (QED) is 0.927. The smallest absolute Gasteiger partial charge is 0.243 e. The summed E-state index contributed by atoms with van der Waals surface area (Å²) in [6, 6.07) is 7.11. The van der Waals surface area contributed by atoms with E-state index in [1.165, 1.54) is 0 Å². The van der Waals surface area contributed by atoms with Crippen molar-refractivity contribution in [3.63, 3.8) is 0 Å². The van der Waals surface area contributed by atoms with Crippen molar-refractivity contribution in [1.29, 1.82) is 0 Å². The van der Waals surface area contributed by atoms with Crippen molar-refractivity contribution in [2.24, 2.45) is 17.1 Å². The molecule has 2 N–H and O–H groups in total. The molecule has 1 aliphatic heterocycles. The maximum Gasteiger partial charge on any atom is 0.243 e. The minimum Gasteiger partial charge on any atom is -0.330 e. The van der Waals surface area contributed by atoms with Crippen LogP contribution in [0.3, 0.4) is 0 Å². The molecule has 0 saturated carbocycles. The lowest BCUT2D eigenvalue weighted by Gasteiger charge is -2.26. The molecule has 1 aromatic rings. The molecule has 4 nitrogen and oxygen atoms in total. The normalized spacial score (nSPS) is 20.9. The summed E-state index contributed by atoms with van der Waals surface area (Å²) >= 11 is 0. The average molecular weight is 310 g/mol. The predicted molar refractivity (Wildman–Crippen MR) is 85.5 cm³/mol. The Bertz CT molecular complexity index is 573. The van der Waals surface area contributed by atoms with Gasteiger partial charge in [0.05, 0.1) is 4.90 Å². The van der Waals surface area contributed by atoms with Crippen molar-refractivity contribution in [1.82, 2.24) is 4.31 Å². The molecule has 1 unspecified atom stereocenters. The Morgan fingerprint density at radius 2 is 1.86 bits per heavy atom. The maximum absolute atomic E-state index is 12.7. The highest BCUT2D eigenvalue weighted by atomic mass is 32.2. The second-order valence-electron chi connectivity index (χ2n) is 6.90. The Morgan fingerprint density at radius 3 is 2.33 bits per heavy atom. The van der Waals surface area contributed by atoms with Crippen LogP contribution in [0.1, 0.15) is 32.8 Å². The largest absolute Gasteiger partial charge is 0.330 e. The number of rotatable bonds is 4. The lowest BCUT2D eigenvalue weighted by Crippen LogP contribution is -2.31. The van der Waals surface area contributed by atoms with Gasteiger partial charge in [-0.05, 0) is 48.4 Å². The molecule has 2 rings (SSSR count). The summed E-state index contributed by atoms with van der Waals surface area (Å²) < 4.78 is 27.0. The molecule has 0 spiro atoms. The van der Waals surface area contributed by atoms with E-state index in [1.807, 2.05) is 12.1 Å². The Kier molecular flexibility index (Phi) is 4.76. The van der Waals surface area contributed by atoms with Gasteiger partial charge in [0.2, 0.25) is 10.0 Å². The van der Waals surface area contributed by atoms with E-state index < -0.39 is 10.0 Å². The van der Waals surface area contributed by atoms with Crippen LogP contribution in [0, 0.1) is 11.3 Å². The molecule has 0 bridgehead atoms. The molecule has 1 fully saturated rings. The topological polar surface area (TPSA) is 63.4 Å². The number of nitrogens with zero attached hydrogens (tertiary/aromatic N) is 1. The van der Waals surface area contributed by atoms with Gasteiger partial charge in [0.25, 0.3) is 0 Å². The van der Waals surface area contributed by atoms with Crippen molar-refractivity contribution >= 4 is 10.0 Å². The van der Waals surface area contributed by atoms with Gasteiger partial charge in [-0.2, -0.15) is 4.31 Å². The Morgan fingerprint density at radius 1 is 1.24 bits per heavy atom. The van der Waals surface area contributed by atoms with Crippen LogP contribution in [0.25, 0.3) is 0 Å². The zero-order valence-electron chi connectivity index (χ0n) is 13.2. The van der Waals surface area contributed by atoms with Crippen molar-refractivity contribution in [2.75, 3.05) is 19.6 Å². The van der Waals surface area contributed by atoms with Crippen LogP contribution in [0.15, 0.2) is 29.2 Å². The monoisotopic (exact) mass is 310 g/mol. The molecule has 1 atom stereocenters. The lowest BCUT2D eigenvalue weighted by molar-refractivity contribution is 0.252. The number of hydrogen-bond acceptors (Lipinski definition) is 3. The second kappa shape index (κ2) is 6.07. The van der Waals surface area contributed by atoms with Crippen molar-refractivity contribution < 1.29 is 8.42 Å². The summed E-state index contributed by atoms with van der Waals surface area (Å²) in [6.07, 6.45) is 1.71. The van der Waals surface area contributed by atoms with Crippen molar-refractivity contribution in [3.8, 4) is 0 Å². The fourth-order valence-corrected chi connectivity index (χ4v) is 4.30. The molecule has 0 aliphatic carbocycles. The molecule has 118 valence electrons. The van der Waals surface area contributed by atoms with Gasteiger partial charge in [-0.3, -0.25) is 0 Å². The fraction of sp³-hybridized carbons (Fsp3) is 0.625. The molecule has 0 aromatic heterocycles. The first-order valence-corrected chi connectivity index (χ1v) is 8.98. The third-order valence-corrected chi connectivity index (χ3v) is 6.25. The van der Waals surface area contributed by atoms with Crippen LogP contribution in [-0.4, -0.2) is 32.4 Å². The lowest BCUT2D eigenvalue weighted by atomic mass is 9.80. The third kappa shape index (κ3) is 3.65. The van der Waals surface area contributed by atoms with Gasteiger partial charge in [0.1, 0.15) is 0 Å². The zero-order valence-corrected chi connectivity index (χ0v) is 14.0. The number of benzene rings is 1. The highest BCUT2D eigenvalue weighted by molar-refractivity contribution is 7.89. The van der Waals surface area contributed by atoms with E-state index in [9.17, 15) is 8.42 Å². The summed E-state index contributed by atoms with van der Waals surface area (Å²) in [5, 5.41) is 0. The highest BCUT2D eigenvalue weighted by Crippen LogP contribution is 2.35. The van der Waals surface area contributed by atoms with Crippen LogP contribution < -0.4 is 5.73 Å². The minimum absolute atomic E-state index is 0.148. The van der Waals surface area contributed by atoms with E-state index >= 15 is 0 Å². The van der Waals surface area contributed by atoms with Gasteiger partial charge in [0.15, 0.2) is 0 Å². The average Bonchev–Trinajstić information content (AvgIpc) is 2.90. The molecule has 1 aromatic carbocycles. The maximum atomic E-state index is 12.7. The van der Waals surface area contributed by atoms with E-state index in [0.29, 0.717) is 30.4 Å². The molecule has 0 radical (unpaired) electrons. The second-order valence-corrected chi connectivity index (χ2v) is 8.84. The van der Waals surface area contributed by atoms with Crippen LogP contribution in [0.2, 0.25) is 0 Å². The van der Waals surface area contributed by atoms with Gasteiger partial charge in [0, 0.05) is 13.1 Å². The summed E-state index contributed by atoms with van der Waals surface area (Å²) in [6.45, 7) is 8.34. The molecule has 5 heteroatoms. The van der Waals surface area contributed by atoms with Crippen LogP contribution >= 0.6 is 0 Å². The van der Waals surface area contributed by atoms with E-state index in [1.54, 1.807) is 16.4 Å². The zero-order chi connectivity index (χ0) is 15.7. The number of hydrogen-bond donors (Lipinski definition) is 1. The Hall–Kier alpha value is -0.910. The fourth-order valence-electron chi connectivity index (χ4n) is 2.80. The SMILES string of the molecule is CC(C)(C)C1CCN(S(=O)(=O)c2ccc(CCN)cc2)C1. The molecule has 1 aliphatic rings. The summed E-state index contributed by atoms with van der Waals surface area (Å²) in [4.78, 5) is 0.387. The van der Waals surface area contributed by atoms with E-state index in [4.69, 9.17) is 5.73 Å². The van der Waals surface area contributed by atoms with Gasteiger partial charge < -0.3 is 5.73 Å². The standard InChI is InChI=1S/C16H26N2O2S/c1-16(2,3)14-9-11-18(12-14)21(19,20)15-6-4-13(5-7-15)8-10-17/h4-7,14H,8-12,17H2,1-3H3. The molecule has 1 heterocycles. The van der Waals surface area contributed by atoms with Crippen LogP contribution in [0.4, 0.5) is 0 Å². The first-order valence-electron chi connectivity index (χ1n) is 7.54. The summed E-state index contributed by atoms with van der Waals surface area (Å²) in [5.74, 6) is 0.420. The van der Waals surface area contributed by atoms with E-state index in [2.05, 4.69) is 20.8 Å². The number of sulfonamides is 1. The molecule has 21 heavy (non-hydrogen) atoms. The van der Waals surface area contributed by atoms with Gasteiger partial charge in [-0.1, -0.05) is 32.9 Å². The van der Waals surface area contributed by atoms with Crippen LogP contribution in [0.5, 0.6) is 0 Å². The predicted octanol–water partition coefficient (Wildman–Crippen LogP) is 2.24. The van der Waals surface area contributed by atoms with E-state index in [-0.39, 0.29) is 5.41 Å². The molecule has 1 saturated heterocycles. The third-order valence-electron chi connectivity index (χ3n) is 4.37. The first kappa shape index (κ1) is 16.5. The van der Waals surface area contributed by atoms with Crippen LogP contribution in [-0.2, 0) is 16.4 Å². The van der Waals surface area contributed by atoms with Gasteiger partial charge in [-0.25, -0.2) is 8.42 Å². The molecule has 0 amide bonds. The summed E-state index contributed by atoms with van der Waals surface area (Å²) in [7, 11) is -3.36. The van der Waals surface area contributed by atoms with Gasteiger partial charge in [-0.15, -0.1) is 0 Å². The summed E-state index contributed by atoms with van der Waals surface area (Å²) in [5.41, 5.74) is 6.74. The Labute approximate surface area is 128 Å². The van der Waals surface area contributed by atoms with Crippen molar-refractivity contribution in [2.45, 2.75) is 38.5 Å². The van der Waals surface area contributed by atoms with Gasteiger partial charge >= 0.3 is 0 Å². The van der Waals surface area contributed by atoms with Crippen molar-refractivity contribution in [3.05, 3.63) is 29.8 Å².